The normalized spacial score (nSPS) is 9.80. The number of rotatable bonds is 3. The molecule has 0 fully saturated rings. The fourth-order valence-corrected chi connectivity index (χ4v) is 0.905. The Kier molecular flexibility index (Phi) is 3.49. The third kappa shape index (κ3) is 2.83. The van der Waals surface area contributed by atoms with E-state index in [2.05, 4.69) is 11.3 Å². The van der Waals surface area contributed by atoms with Gasteiger partial charge in [-0.3, -0.25) is 0 Å². The summed E-state index contributed by atoms with van der Waals surface area (Å²) >= 11 is 0. The van der Waals surface area contributed by atoms with Crippen molar-refractivity contribution in [3.8, 4) is 0 Å². The van der Waals surface area contributed by atoms with Crippen LogP contribution in [0.15, 0.2) is 24.8 Å². The molecule has 0 saturated carbocycles. The molecule has 15 heavy (non-hydrogen) atoms. The molecule has 1 aromatic carbocycles. The van der Waals surface area contributed by atoms with Crippen molar-refractivity contribution in [3.05, 3.63) is 47.8 Å². The average molecular weight is 216 g/mol. The van der Waals surface area contributed by atoms with E-state index >= 15 is 0 Å². The quantitative estimate of drug-likeness (QED) is 0.440. The number of hydrogen-bond donors (Lipinski definition) is 0. The highest BCUT2D eigenvalue weighted by Crippen LogP contribution is 2.14. The van der Waals surface area contributed by atoms with Crippen molar-refractivity contribution in [2.24, 2.45) is 0 Å². The Bertz CT molecular complexity index is 379. The Morgan fingerprint density at radius 3 is 2.33 bits per heavy atom. The van der Waals surface area contributed by atoms with Gasteiger partial charge >= 0.3 is 5.97 Å². The average Bonchev–Trinajstić information content (AvgIpc) is 2.22. The lowest BCUT2D eigenvalue weighted by molar-refractivity contribution is -0.138. The molecule has 5 heteroatoms. The van der Waals surface area contributed by atoms with Gasteiger partial charge in [0.15, 0.2) is 17.5 Å². The minimum Gasteiger partial charge on any atom is -0.458 e. The number of esters is 1. The standard InChI is InChI=1S/C10H7F3O2/c1-2-9(14)15-5-6-3-7(11)10(13)8(12)4-6/h2-4H,1,5H2. The summed E-state index contributed by atoms with van der Waals surface area (Å²) in [5, 5.41) is 0. The predicted octanol–water partition coefficient (Wildman–Crippen LogP) is 2.33. The SMILES string of the molecule is C=CC(=O)OCc1cc(F)c(F)c(F)c1. The van der Waals surface area contributed by atoms with Crippen molar-refractivity contribution in [2.45, 2.75) is 6.61 Å². The van der Waals surface area contributed by atoms with Crippen molar-refractivity contribution >= 4 is 5.97 Å². The summed E-state index contributed by atoms with van der Waals surface area (Å²) in [5.74, 6) is -4.91. The molecule has 2 nitrogen and oxygen atoms in total. The minimum absolute atomic E-state index is 0.0293. The predicted molar refractivity (Wildman–Crippen MR) is 46.3 cm³/mol. The Hall–Kier alpha value is -1.78. The molecule has 1 aromatic rings. The zero-order chi connectivity index (χ0) is 11.4. The molecule has 0 aliphatic carbocycles. The molecule has 0 aromatic heterocycles. The van der Waals surface area contributed by atoms with E-state index < -0.39 is 23.4 Å². The second-order valence-electron chi connectivity index (χ2n) is 2.69. The van der Waals surface area contributed by atoms with Crippen LogP contribution in [0.4, 0.5) is 13.2 Å². The van der Waals surface area contributed by atoms with Crippen LogP contribution in [0.5, 0.6) is 0 Å². The largest absolute Gasteiger partial charge is 0.458 e. The second-order valence-corrected chi connectivity index (χ2v) is 2.69. The zero-order valence-electron chi connectivity index (χ0n) is 7.60. The summed E-state index contributed by atoms with van der Waals surface area (Å²) in [7, 11) is 0. The molecule has 0 aliphatic heterocycles. The monoisotopic (exact) mass is 216 g/mol. The second kappa shape index (κ2) is 4.63. The smallest absolute Gasteiger partial charge is 0.330 e. The molecular weight excluding hydrogens is 209 g/mol. The van der Waals surface area contributed by atoms with E-state index in [1.54, 1.807) is 0 Å². The van der Waals surface area contributed by atoms with E-state index in [9.17, 15) is 18.0 Å². The van der Waals surface area contributed by atoms with Crippen LogP contribution in [0.3, 0.4) is 0 Å². The molecule has 0 spiro atoms. The maximum atomic E-state index is 12.7. The lowest BCUT2D eigenvalue weighted by atomic mass is 10.2. The first-order valence-electron chi connectivity index (χ1n) is 3.97. The first-order chi connectivity index (χ1) is 7.04. The molecule has 1 rings (SSSR count). The van der Waals surface area contributed by atoms with Crippen LogP contribution in [-0.4, -0.2) is 5.97 Å². The maximum Gasteiger partial charge on any atom is 0.330 e. The van der Waals surface area contributed by atoms with Gasteiger partial charge in [0.25, 0.3) is 0 Å². The van der Waals surface area contributed by atoms with Crippen molar-refractivity contribution < 1.29 is 22.7 Å². The maximum absolute atomic E-state index is 12.7. The Morgan fingerprint density at radius 1 is 1.33 bits per heavy atom. The zero-order valence-corrected chi connectivity index (χ0v) is 7.60. The van der Waals surface area contributed by atoms with Crippen molar-refractivity contribution in [2.75, 3.05) is 0 Å². The molecule has 0 bridgehead atoms. The van der Waals surface area contributed by atoms with Crippen LogP contribution in [0, 0.1) is 17.5 Å². The third-order valence-electron chi connectivity index (χ3n) is 1.59. The van der Waals surface area contributed by atoms with Crippen LogP contribution in [0.1, 0.15) is 5.56 Å². The van der Waals surface area contributed by atoms with Gasteiger partial charge < -0.3 is 4.74 Å². The van der Waals surface area contributed by atoms with Crippen LogP contribution in [0.2, 0.25) is 0 Å². The summed E-state index contributed by atoms with van der Waals surface area (Å²) < 4.78 is 42.4. The van der Waals surface area contributed by atoms with Crippen LogP contribution in [-0.2, 0) is 16.1 Å². The van der Waals surface area contributed by atoms with Gasteiger partial charge in [0.1, 0.15) is 6.61 Å². The lowest BCUT2D eigenvalue weighted by Gasteiger charge is -2.03. The molecule has 0 atom stereocenters. The van der Waals surface area contributed by atoms with Crippen LogP contribution >= 0.6 is 0 Å². The molecule has 0 amide bonds. The minimum atomic E-state index is -1.55. The number of carbonyl (C=O) groups is 1. The van der Waals surface area contributed by atoms with Gasteiger partial charge in [0, 0.05) is 6.08 Å². The van der Waals surface area contributed by atoms with E-state index in [1.807, 2.05) is 0 Å². The van der Waals surface area contributed by atoms with Crippen molar-refractivity contribution in [1.82, 2.24) is 0 Å². The van der Waals surface area contributed by atoms with Crippen LogP contribution in [0.25, 0.3) is 0 Å². The molecule has 0 N–H and O–H groups in total. The topological polar surface area (TPSA) is 26.3 Å². The summed E-state index contributed by atoms with van der Waals surface area (Å²) in [6, 6.07) is 1.52. The van der Waals surface area contributed by atoms with E-state index in [-0.39, 0.29) is 12.2 Å². The number of benzene rings is 1. The Labute approximate surface area is 84.0 Å². The summed E-state index contributed by atoms with van der Waals surface area (Å²) in [6.45, 7) is 2.81. The van der Waals surface area contributed by atoms with E-state index in [1.165, 1.54) is 0 Å². The summed E-state index contributed by atoms with van der Waals surface area (Å²) in [4.78, 5) is 10.6. The molecule has 0 saturated heterocycles. The van der Waals surface area contributed by atoms with Gasteiger partial charge in [-0.2, -0.15) is 0 Å². The van der Waals surface area contributed by atoms with E-state index in [0.29, 0.717) is 0 Å². The van der Waals surface area contributed by atoms with Crippen molar-refractivity contribution in [1.29, 1.82) is 0 Å². The van der Waals surface area contributed by atoms with Gasteiger partial charge in [-0.1, -0.05) is 6.58 Å². The molecule has 0 aliphatic rings. The van der Waals surface area contributed by atoms with Gasteiger partial charge in [0.2, 0.25) is 0 Å². The fraction of sp³-hybridized carbons (Fsp3) is 0.100. The van der Waals surface area contributed by atoms with Crippen LogP contribution < -0.4 is 0 Å². The Balaban J connectivity index is 2.79. The number of halogens is 3. The first-order valence-corrected chi connectivity index (χ1v) is 3.97. The number of hydrogen-bond acceptors (Lipinski definition) is 2. The number of carbonyl (C=O) groups excluding carboxylic acids is 1. The number of ether oxygens (including phenoxy) is 1. The molecule has 80 valence electrons. The summed E-state index contributed by atoms with van der Waals surface area (Å²) in [6.07, 6.45) is 0.913. The fourth-order valence-electron chi connectivity index (χ4n) is 0.905. The van der Waals surface area contributed by atoms with Gasteiger partial charge in [0.05, 0.1) is 0 Å². The van der Waals surface area contributed by atoms with Gasteiger partial charge in [-0.05, 0) is 17.7 Å². The first kappa shape index (κ1) is 11.3. The van der Waals surface area contributed by atoms with E-state index in [4.69, 9.17) is 0 Å². The molecular formula is C10H7F3O2. The van der Waals surface area contributed by atoms with E-state index in [0.717, 1.165) is 18.2 Å². The Morgan fingerprint density at radius 2 is 1.87 bits per heavy atom. The molecule has 0 radical (unpaired) electrons. The lowest BCUT2D eigenvalue weighted by Crippen LogP contribution is -2.02. The highest BCUT2D eigenvalue weighted by molar-refractivity contribution is 5.81. The molecule has 0 unspecified atom stereocenters. The summed E-state index contributed by atoms with van der Waals surface area (Å²) in [5.41, 5.74) is 0.0293. The van der Waals surface area contributed by atoms with Crippen molar-refractivity contribution in [3.63, 3.8) is 0 Å². The highest BCUT2D eigenvalue weighted by Gasteiger charge is 2.10. The highest BCUT2D eigenvalue weighted by atomic mass is 19.2. The van der Waals surface area contributed by atoms with Gasteiger partial charge in [-0.15, -0.1) is 0 Å². The molecule has 0 heterocycles. The third-order valence-corrected chi connectivity index (χ3v) is 1.59. The van der Waals surface area contributed by atoms with Gasteiger partial charge in [-0.25, -0.2) is 18.0 Å².